The smallest absolute Gasteiger partial charge is 0.0808 e. The number of hydrogen-bond donors (Lipinski definition) is 0. The summed E-state index contributed by atoms with van der Waals surface area (Å²) >= 11 is 6.94. The molecule has 0 aliphatic carbocycles. The Morgan fingerprint density at radius 2 is 1.00 bits per heavy atom. The minimum atomic E-state index is 0.671. The molecule has 20 heavy (non-hydrogen) atoms. The van der Waals surface area contributed by atoms with E-state index in [1.54, 1.807) is 0 Å². The van der Waals surface area contributed by atoms with Gasteiger partial charge in [0.1, 0.15) is 0 Å². The van der Waals surface area contributed by atoms with Gasteiger partial charge in [0.2, 0.25) is 0 Å². The van der Waals surface area contributed by atoms with Crippen LogP contribution in [0.3, 0.4) is 0 Å². The van der Waals surface area contributed by atoms with Crippen LogP contribution in [0.5, 0.6) is 0 Å². The lowest BCUT2D eigenvalue weighted by Gasteiger charge is -2.03. The zero-order chi connectivity index (χ0) is 14.2. The zero-order valence-corrected chi connectivity index (χ0v) is 14.0. The number of hydrogen-bond acceptors (Lipinski definition) is 2. The second kappa shape index (κ2) is 8.12. The van der Waals surface area contributed by atoms with E-state index < -0.39 is 0 Å². The van der Waals surface area contributed by atoms with Crippen LogP contribution in [0.1, 0.15) is 11.1 Å². The van der Waals surface area contributed by atoms with E-state index in [2.05, 4.69) is 42.1 Å². The van der Waals surface area contributed by atoms with Crippen LogP contribution in [0.25, 0.3) is 0 Å². The second-order valence-electron chi connectivity index (χ2n) is 4.09. The van der Waals surface area contributed by atoms with E-state index in [1.807, 2.05) is 60.7 Å². The molecule has 0 atom stereocenters. The van der Waals surface area contributed by atoms with Gasteiger partial charge in [-0.25, -0.2) is 0 Å². The molecule has 0 aliphatic rings. The molecular formula is C16H14Br2N2. The standard InChI is InChI=1S/C16H14Br2N2/c17-11-15(13-7-3-1-4-8-13)19-20-16(12-18)14-9-5-2-6-10-14/h1-10H,11-12H2/b19-15+,20-16+. The highest BCUT2D eigenvalue weighted by atomic mass is 79.9. The fourth-order valence-corrected chi connectivity index (χ4v) is 2.58. The van der Waals surface area contributed by atoms with E-state index in [4.69, 9.17) is 0 Å². The van der Waals surface area contributed by atoms with Gasteiger partial charge >= 0.3 is 0 Å². The number of nitrogens with zero attached hydrogens (tertiary/aromatic N) is 2. The van der Waals surface area contributed by atoms with Crippen LogP contribution < -0.4 is 0 Å². The fourth-order valence-electron chi connectivity index (χ4n) is 1.71. The van der Waals surface area contributed by atoms with Gasteiger partial charge in [-0.2, -0.15) is 10.2 Å². The third-order valence-corrected chi connectivity index (χ3v) is 3.82. The minimum Gasteiger partial charge on any atom is -0.154 e. The fraction of sp³-hybridized carbons (Fsp3) is 0.125. The summed E-state index contributed by atoms with van der Waals surface area (Å²) in [5.41, 5.74) is 3.99. The van der Waals surface area contributed by atoms with Crippen LogP contribution in [-0.2, 0) is 0 Å². The average molecular weight is 394 g/mol. The molecule has 0 saturated heterocycles. The number of benzene rings is 2. The van der Waals surface area contributed by atoms with Crippen LogP contribution in [0.4, 0.5) is 0 Å². The first-order valence-corrected chi connectivity index (χ1v) is 8.45. The predicted octanol–water partition coefficient (Wildman–Crippen LogP) is 4.67. The van der Waals surface area contributed by atoms with Gasteiger partial charge in [0, 0.05) is 10.7 Å². The summed E-state index contributed by atoms with van der Waals surface area (Å²) in [6.07, 6.45) is 0. The molecule has 0 bridgehead atoms. The number of rotatable bonds is 5. The van der Waals surface area contributed by atoms with Crippen LogP contribution >= 0.6 is 31.9 Å². The predicted molar refractivity (Wildman–Crippen MR) is 93.5 cm³/mol. The molecule has 0 heterocycles. The highest BCUT2D eigenvalue weighted by Gasteiger charge is 2.03. The number of alkyl halides is 2. The van der Waals surface area contributed by atoms with Gasteiger partial charge in [-0.3, -0.25) is 0 Å². The lowest BCUT2D eigenvalue weighted by molar-refractivity contribution is 1.22. The van der Waals surface area contributed by atoms with Crippen molar-refractivity contribution in [1.29, 1.82) is 0 Å². The van der Waals surface area contributed by atoms with E-state index in [0.29, 0.717) is 10.7 Å². The third-order valence-electron chi connectivity index (χ3n) is 2.76. The Kier molecular flexibility index (Phi) is 6.15. The Hall–Kier alpha value is -1.26. The Morgan fingerprint density at radius 1 is 0.650 bits per heavy atom. The SMILES string of the molecule is BrC/C(=N\N=C(/CBr)c1ccccc1)c1ccccc1. The van der Waals surface area contributed by atoms with E-state index in [-0.39, 0.29) is 0 Å². The van der Waals surface area contributed by atoms with E-state index in [1.165, 1.54) is 0 Å². The lowest BCUT2D eigenvalue weighted by Crippen LogP contribution is -2.05. The summed E-state index contributed by atoms with van der Waals surface area (Å²) < 4.78 is 0. The van der Waals surface area contributed by atoms with Gasteiger partial charge in [-0.15, -0.1) is 0 Å². The van der Waals surface area contributed by atoms with Crippen molar-refractivity contribution < 1.29 is 0 Å². The topological polar surface area (TPSA) is 24.7 Å². The van der Waals surface area contributed by atoms with Crippen molar-refractivity contribution in [2.45, 2.75) is 0 Å². The molecule has 0 radical (unpaired) electrons. The van der Waals surface area contributed by atoms with Crippen molar-refractivity contribution in [3.8, 4) is 0 Å². The van der Waals surface area contributed by atoms with Crippen molar-refractivity contribution in [3.63, 3.8) is 0 Å². The summed E-state index contributed by atoms with van der Waals surface area (Å²) in [7, 11) is 0. The highest BCUT2D eigenvalue weighted by molar-refractivity contribution is 9.09. The monoisotopic (exact) mass is 392 g/mol. The zero-order valence-electron chi connectivity index (χ0n) is 10.8. The first-order chi connectivity index (χ1) is 9.85. The van der Waals surface area contributed by atoms with Crippen LogP contribution in [0.2, 0.25) is 0 Å². The van der Waals surface area contributed by atoms with Crippen molar-refractivity contribution in [2.24, 2.45) is 10.2 Å². The highest BCUT2D eigenvalue weighted by Crippen LogP contribution is 2.07. The van der Waals surface area contributed by atoms with Crippen LogP contribution in [0.15, 0.2) is 70.9 Å². The molecule has 0 fully saturated rings. The third kappa shape index (κ3) is 4.12. The molecule has 0 saturated carbocycles. The molecule has 2 rings (SSSR count). The lowest BCUT2D eigenvalue weighted by atomic mass is 10.1. The Bertz CT molecular complexity index is 537. The first kappa shape index (κ1) is 15.1. The maximum atomic E-state index is 4.39. The molecular weight excluding hydrogens is 380 g/mol. The van der Waals surface area contributed by atoms with Gasteiger partial charge in [0.05, 0.1) is 11.4 Å². The maximum absolute atomic E-state index is 4.39. The normalized spacial score (nSPS) is 12.5. The molecule has 0 spiro atoms. The van der Waals surface area contributed by atoms with Crippen LogP contribution in [0, 0.1) is 0 Å². The van der Waals surface area contributed by atoms with Gasteiger partial charge in [0.15, 0.2) is 0 Å². The summed E-state index contributed by atoms with van der Waals surface area (Å²) in [4.78, 5) is 0. The Labute approximate surface area is 135 Å². The van der Waals surface area contributed by atoms with Gasteiger partial charge < -0.3 is 0 Å². The molecule has 0 amide bonds. The summed E-state index contributed by atoms with van der Waals surface area (Å²) in [6.45, 7) is 0. The van der Waals surface area contributed by atoms with E-state index in [9.17, 15) is 0 Å². The molecule has 4 heteroatoms. The first-order valence-electron chi connectivity index (χ1n) is 6.21. The van der Waals surface area contributed by atoms with E-state index in [0.717, 1.165) is 22.6 Å². The molecule has 2 aromatic rings. The van der Waals surface area contributed by atoms with Crippen molar-refractivity contribution in [2.75, 3.05) is 10.7 Å². The molecule has 0 aromatic heterocycles. The molecule has 2 nitrogen and oxygen atoms in total. The summed E-state index contributed by atoms with van der Waals surface area (Å²) in [5, 5.41) is 10.1. The van der Waals surface area contributed by atoms with Gasteiger partial charge in [0.25, 0.3) is 0 Å². The average Bonchev–Trinajstić information content (AvgIpc) is 2.53. The quantitative estimate of drug-likeness (QED) is 0.400. The summed E-state index contributed by atoms with van der Waals surface area (Å²) in [5.74, 6) is 0. The molecule has 0 N–H and O–H groups in total. The van der Waals surface area contributed by atoms with E-state index >= 15 is 0 Å². The van der Waals surface area contributed by atoms with Gasteiger partial charge in [-0.1, -0.05) is 92.5 Å². The largest absolute Gasteiger partial charge is 0.154 e. The van der Waals surface area contributed by atoms with Gasteiger partial charge in [-0.05, 0) is 11.1 Å². The second-order valence-corrected chi connectivity index (χ2v) is 5.21. The number of halogens is 2. The van der Waals surface area contributed by atoms with Crippen molar-refractivity contribution in [1.82, 2.24) is 0 Å². The molecule has 2 aromatic carbocycles. The van der Waals surface area contributed by atoms with Crippen molar-refractivity contribution >= 4 is 43.3 Å². The summed E-state index contributed by atoms with van der Waals surface area (Å²) in [6, 6.07) is 20.1. The molecule has 0 unspecified atom stereocenters. The maximum Gasteiger partial charge on any atom is 0.0808 e. The molecule has 0 aliphatic heterocycles. The Balaban J connectivity index is 2.30. The minimum absolute atomic E-state index is 0.671. The van der Waals surface area contributed by atoms with Crippen LogP contribution in [-0.4, -0.2) is 22.1 Å². The van der Waals surface area contributed by atoms with Crippen molar-refractivity contribution in [3.05, 3.63) is 71.8 Å². The molecule has 102 valence electrons. The Morgan fingerprint density at radius 3 is 1.30 bits per heavy atom.